The van der Waals surface area contributed by atoms with Crippen LogP contribution in [-0.2, 0) is 6.42 Å². The SMILES string of the molecule is O=C1c2sccc2CCCC1n1ccnc1. The Morgan fingerprint density at radius 1 is 1.50 bits per heavy atom. The smallest absolute Gasteiger partial charge is 0.195 e. The molecule has 0 radical (unpaired) electrons. The van der Waals surface area contributed by atoms with E-state index in [2.05, 4.69) is 11.1 Å². The van der Waals surface area contributed by atoms with Crippen LogP contribution < -0.4 is 0 Å². The molecule has 1 atom stereocenters. The summed E-state index contributed by atoms with van der Waals surface area (Å²) in [5.41, 5.74) is 1.22. The third-order valence-electron chi connectivity index (χ3n) is 3.08. The number of imidazole rings is 1. The molecule has 2 aromatic rings. The van der Waals surface area contributed by atoms with Crippen LogP contribution >= 0.6 is 11.3 Å². The zero-order chi connectivity index (χ0) is 11.0. The first kappa shape index (κ1) is 9.78. The Hall–Kier alpha value is -1.42. The van der Waals surface area contributed by atoms with Gasteiger partial charge in [0.1, 0.15) is 0 Å². The summed E-state index contributed by atoms with van der Waals surface area (Å²) in [6, 6.07) is 2.02. The Morgan fingerprint density at radius 2 is 2.44 bits per heavy atom. The minimum Gasteiger partial charge on any atom is -0.327 e. The third-order valence-corrected chi connectivity index (χ3v) is 4.05. The number of fused-ring (bicyclic) bond motifs is 1. The molecule has 0 aliphatic heterocycles. The molecular weight excluding hydrogens is 220 g/mol. The maximum Gasteiger partial charge on any atom is 0.195 e. The molecule has 1 unspecified atom stereocenters. The Morgan fingerprint density at radius 3 is 3.25 bits per heavy atom. The highest BCUT2D eigenvalue weighted by molar-refractivity contribution is 7.12. The Balaban J connectivity index is 2.01. The topological polar surface area (TPSA) is 34.9 Å². The van der Waals surface area contributed by atoms with E-state index in [9.17, 15) is 4.79 Å². The Labute approximate surface area is 97.7 Å². The van der Waals surface area contributed by atoms with E-state index >= 15 is 0 Å². The van der Waals surface area contributed by atoms with Crippen molar-refractivity contribution >= 4 is 17.1 Å². The van der Waals surface area contributed by atoms with Gasteiger partial charge in [0.2, 0.25) is 0 Å². The highest BCUT2D eigenvalue weighted by Crippen LogP contribution is 2.30. The molecular formula is C12H12N2OS. The highest BCUT2D eigenvalue weighted by atomic mass is 32.1. The largest absolute Gasteiger partial charge is 0.327 e. The number of carbonyl (C=O) groups excluding carboxylic acids is 1. The quantitative estimate of drug-likeness (QED) is 0.708. The van der Waals surface area contributed by atoms with Crippen molar-refractivity contribution in [2.24, 2.45) is 0 Å². The van der Waals surface area contributed by atoms with Gasteiger partial charge in [-0.05, 0) is 36.3 Å². The molecule has 1 aliphatic carbocycles. The van der Waals surface area contributed by atoms with Gasteiger partial charge in [-0.2, -0.15) is 0 Å². The first-order chi connectivity index (χ1) is 7.86. The number of carbonyl (C=O) groups is 1. The summed E-state index contributed by atoms with van der Waals surface area (Å²) in [6.07, 6.45) is 8.35. The summed E-state index contributed by atoms with van der Waals surface area (Å²) in [4.78, 5) is 17.3. The molecule has 0 aromatic carbocycles. The van der Waals surface area contributed by atoms with E-state index in [1.807, 2.05) is 16.1 Å². The monoisotopic (exact) mass is 232 g/mol. The van der Waals surface area contributed by atoms with Crippen LogP contribution in [0.5, 0.6) is 0 Å². The molecule has 2 heterocycles. The van der Waals surface area contributed by atoms with E-state index in [-0.39, 0.29) is 11.8 Å². The second-order valence-corrected chi connectivity index (χ2v) is 4.97. The van der Waals surface area contributed by atoms with Crippen molar-refractivity contribution in [3.8, 4) is 0 Å². The van der Waals surface area contributed by atoms with Gasteiger partial charge in [-0.15, -0.1) is 11.3 Å². The summed E-state index contributed by atoms with van der Waals surface area (Å²) in [5.74, 6) is 0.250. The van der Waals surface area contributed by atoms with E-state index in [0.29, 0.717) is 0 Å². The number of rotatable bonds is 1. The van der Waals surface area contributed by atoms with Crippen molar-refractivity contribution in [2.75, 3.05) is 0 Å². The molecule has 0 amide bonds. The van der Waals surface area contributed by atoms with Gasteiger partial charge >= 0.3 is 0 Å². The third kappa shape index (κ3) is 1.50. The normalized spacial score (nSPS) is 20.5. The predicted molar refractivity (Wildman–Crippen MR) is 62.9 cm³/mol. The van der Waals surface area contributed by atoms with Gasteiger partial charge in [0, 0.05) is 12.4 Å². The zero-order valence-electron chi connectivity index (χ0n) is 8.80. The van der Waals surface area contributed by atoms with Crippen molar-refractivity contribution in [3.05, 3.63) is 40.6 Å². The molecule has 1 aliphatic rings. The lowest BCUT2D eigenvalue weighted by molar-refractivity contribution is 0.0925. The van der Waals surface area contributed by atoms with Crippen molar-refractivity contribution in [3.63, 3.8) is 0 Å². The fraction of sp³-hybridized carbons (Fsp3) is 0.333. The summed E-state index contributed by atoms with van der Waals surface area (Å²) in [7, 11) is 0. The number of nitrogens with zero attached hydrogens (tertiary/aromatic N) is 2. The van der Waals surface area contributed by atoms with Gasteiger partial charge < -0.3 is 4.57 Å². The summed E-state index contributed by atoms with van der Waals surface area (Å²) < 4.78 is 1.93. The summed E-state index contributed by atoms with van der Waals surface area (Å²) >= 11 is 1.56. The van der Waals surface area contributed by atoms with Gasteiger partial charge in [0.25, 0.3) is 0 Å². The molecule has 4 heteroatoms. The van der Waals surface area contributed by atoms with Gasteiger partial charge in [0.05, 0.1) is 17.2 Å². The van der Waals surface area contributed by atoms with Crippen LogP contribution in [0.15, 0.2) is 30.2 Å². The van der Waals surface area contributed by atoms with E-state index in [0.717, 1.165) is 24.1 Å². The molecule has 16 heavy (non-hydrogen) atoms. The first-order valence-corrected chi connectivity index (χ1v) is 6.32. The average molecular weight is 232 g/mol. The van der Waals surface area contributed by atoms with Crippen LogP contribution in [0.2, 0.25) is 0 Å². The van der Waals surface area contributed by atoms with E-state index < -0.39 is 0 Å². The fourth-order valence-corrected chi connectivity index (χ4v) is 3.20. The second-order valence-electron chi connectivity index (χ2n) is 4.06. The molecule has 82 valence electrons. The summed E-state index contributed by atoms with van der Waals surface area (Å²) in [5, 5.41) is 2.01. The van der Waals surface area contributed by atoms with E-state index in [1.54, 1.807) is 23.9 Å². The minimum atomic E-state index is -0.0533. The minimum absolute atomic E-state index is 0.0533. The van der Waals surface area contributed by atoms with Gasteiger partial charge in [-0.1, -0.05) is 0 Å². The second kappa shape index (κ2) is 3.87. The molecule has 0 spiro atoms. The lowest BCUT2D eigenvalue weighted by Gasteiger charge is -2.13. The van der Waals surface area contributed by atoms with Crippen molar-refractivity contribution < 1.29 is 4.79 Å². The Bertz CT molecular complexity index is 501. The van der Waals surface area contributed by atoms with Crippen molar-refractivity contribution in [2.45, 2.75) is 25.3 Å². The molecule has 3 rings (SSSR count). The van der Waals surface area contributed by atoms with Gasteiger partial charge in [-0.25, -0.2) is 4.98 Å². The zero-order valence-corrected chi connectivity index (χ0v) is 9.61. The number of Topliss-reactive ketones (excluding diaryl/α,β-unsaturated/α-hetero) is 1. The standard InChI is InChI=1S/C12H12N2OS/c15-11-10(14-6-5-13-8-14)3-1-2-9-4-7-16-12(9)11/h4-8,10H,1-3H2. The molecule has 0 bridgehead atoms. The molecule has 0 N–H and O–H groups in total. The molecule has 0 saturated heterocycles. The average Bonchev–Trinajstić information content (AvgIpc) is 2.93. The molecule has 3 nitrogen and oxygen atoms in total. The molecule has 2 aromatic heterocycles. The number of hydrogen-bond acceptors (Lipinski definition) is 3. The summed E-state index contributed by atoms with van der Waals surface area (Å²) in [6.45, 7) is 0. The van der Waals surface area contributed by atoms with Gasteiger partial charge in [-0.3, -0.25) is 4.79 Å². The number of hydrogen-bond donors (Lipinski definition) is 0. The lowest BCUT2D eigenvalue weighted by atomic mass is 10.1. The molecule has 0 fully saturated rings. The van der Waals surface area contributed by atoms with Crippen molar-refractivity contribution in [1.82, 2.24) is 9.55 Å². The first-order valence-electron chi connectivity index (χ1n) is 5.44. The fourth-order valence-electron chi connectivity index (χ4n) is 2.26. The van der Waals surface area contributed by atoms with Gasteiger partial charge in [0.15, 0.2) is 5.78 Å². The maximum absolute atomic E-state index is 12.4. The van der Waals surface area contributed by atoms with Crippen LogP contribution in [0.25, 0.3) is 0 Å². The van der Waals surface area contributed by atoms with Crippen molar-refractivity contribution in [1.29, 1.82) is 0 Å². The number of thiophene rings is 1. The Kier molecular flexibility index (Phi) is 2.36. The number of ketones is 1. The van der Waals surface area contributed by atoms with E-state index in [1.165, 1.54) is 5.56 Å². The maximum atomic E-state index is 12.4. The van der Waals surface area contributed by atoms with Crippen LogP contribution in [0.1, 0.15) is 34.1 Å². The van der Waals surface area contributed by atoms with E-state index in [4.69, 9.17) is 0 Å². The number of aryl methyl sites for hydroxylation is 1. The van der Waals surface area contributed by atoms with Crippen LogP contribution in [0.4, 0.5) is 0 Å². The van der Waals surface area contributed by atoms with Crippen LogP contribution in [0, 0.1) is 0 Å². The van der Waals surface area contributed by atoms with Crippen LogP contribution in [-0.4, -0.2) is 15.3 Å². The number of aromatic nitrogens is 2. The molecule has 0 saturated carbocycles. The highest BCUT2D eigenvalue weighted by Gasteiger charge is 2.27. The lowest BCUT2D eigenvalue weighted by Crippen LogP contribution is -2.16. The van der Waals surface area contributed by atoms with Crippen LogP contribution in [0.3, 0.4) is 0 Å². The predicted octanol–water partition coefficient (Wildman–Crippen LogP) is 2.70.